The van der Waals surface area contributed by atoms with Crippen LogP contribution in [0.4, 0.5) is 0 Å². The number of aryl methyl sites for hydroxylation is 1. The molecule has 0 aliphatic heterocycles. The molecular formula is C18H23N3O3. The van der Waals surface area contributed by atoms with Crippen LogP contribution < -0.4 is 5.32 Å². The molecule has 0 saturated carbocycles. The summed E-state index contributed by atoms with van der Waals surface area (Å²) in [5.41, 5.74) is 1.30. The summed E-state index contributed by atoms with van der Waals surface area (Å²) in [4.78, 5) is 12.7. The van der Waals surface area contributed by atoms with Crippen LogP contribution >= 0.6 is 0 Å². The SMILES string of the molecule is CCOC(=O)[C@@]1(NCc2nnc(C(C)C)o2)CCc2ccccc21. The second-order valence-electron chi connectivity index (χ2n) is 6.33. The van der Waals surface area contributed by atoms with Crippen LogP contribution in [-0.2, 0) is 28.0 Å². The number of aromatic nitrogens is 2. The highest BCUT2D eigenvalue weighted by Gasteiger charge is 2.46. The largest absolute Gasteiger partial charge is 0.464 e. The van der Waals surface area contributed by atoms with Gasteiger partial charge in [0.15, 0.2) is 0 Å². The summed E-state index contributed by atoms with van der Waals surface area (Å²) in [7, 11) is 0. The third-order valence-corrected chi connectivity index (χ3v) is 4.39. The molecule has 0 radical (unpaired) electrons. The third-order valence-electron chi connectivity index (χ3n) is 4.39. The summed E-state index contributed by atoms with van der Waals surface area (Å²) in [6.07, 6.45) is 1.50. The average Bonchev–Trinajstić information content (AvgIpc) is 3.19. The molecule has 0 saturated heterocycles. The summed E-state index contributed by atoms with van der Waals surface area (Å²) >= 11 is 0. The van der Waals surface area contributed by atoms with Crippen LogP contribution in [-0.4, -0.2) is 22.8 Å². The van der Waals surface area contributed by atoms with Crippen molar-refractivity contribution in [3.63, 3.8) is 0 Å². The summed E-state index contributed by atoms with van der Waals surface area (Å²) < 4.78 is 11.0. The van der Waals surface area contributed by atoms with Crippen molar-refractivity contribution >= 4 is 5.97 Å². The van der Waals surface area contributed by atoms with Crippen molar-refractivity contribution in [3.05, 3.63) is 47.2 Å². The van der Waals surface area contributed by atoms with Gasteiger partial charge in [-0.05, 0) is 30.9 Å². The molecule has 3 rings (SSSR count). The lowest BCUT2D eigenvalue weighted by molar-refractivity contribution is -0.152. The van der Waals surface area contributed by atoms with Gasteiger partial charge in [-0.15, -0.1) is 10.2 Å². The lowest BCUT2D eigenvalue weighted by Gasteiger charge is -2.28. The number of nitrogens with one attached hydrogen (secondary N) is 1. The number of rotatable bonds is 6. The Morgan fingerprint density at radius 2 is 2.17 bits per heavy atom. The van der Waals surface area contributed by atoms with E-state index < -0.39 is 5.54 Å². The molecule has 1 heterocycles. The van der Waals surface area contributed by atoms with Crippen LogP contribution in [0.2, 0.25) is 0 Å². The van der Waals surface area contributed by atoms with Gasteiger partial charge in [0.25, 0.3) is 0 Å². The number of carbonyl (C=O) groups excluding carboxylic acids is 1. The number of benzene rings is 1. The highest BCUT2D eigenvalue weighted by molar-refractivity contribution is 5.84. The topological polar surface area (TPSA) is 77.2 Å². The zero-order valence-electron chi connectivity index (χ0n) is 14.3. The first-order valence-corrected chi connectivity index (χ1v) is 8.39. The van der Waals surface area contributed by atoms with Gasteiger partial charge in [-0.1, -0.05) is 38.1 Å². The molecule has 0 bridgehead atoms. The standard InChI is InChI=1S/C18H23N3O3/c1-4-23-17(22)18(10-9-13-7-5-6-8-14(13)18)19-11-15-20-21-16(24-15)12(2)3/h5-8,12,19H,4,9-11H2,1-3H3/t18-/m1/s1. The van der Waals surface area contributed by atoms with Crippen molar-refractivity contribution in [2.45, 2.75) is 51.6 Å². The third kappa shape index (κ3) is 2.94. The van der Waals surface area contributed by atoms with Gasteiger partial charge in [0.05, 0.1) is 13.2 Å². The Labute approximate surface area is 141 Å². The van der Waals surface area contributed by atoms with E-state index in [0.29, 0.717) is 31.4 Å². The molecule has 1 aromatic carbocycles. The molecule has 2 aromatic rings. The fourth-order valence-corrected chi connectivity index (χ4v) is 3.13. The first kappa shape index (κ1) is 16.6. The molecule has 0 fully saturated rings. The Bertz CT molecular complexity index is 726. The van der Waals surface area contributed by atoms with Crippen molar-refractivity contribution in [2.24, 2.45) is 0 Å². The minimum absolute atomic E-state index is 0.178. The first-order chi connectivity index (χ1) is 11.6. The molecule has 6 nitrogen and oxygen atoms in total. The van der Waals surface area contributed by atoms with Gasteiger partial charge in [-0.3, -0.25) is 5.32 Å². The van der Waals surface area contributed by atoms with Crippen molar-refractivity contribution in [3.8, 4) is 0 Å². The summed E-state index contributed by atoms with van der Waals surface area (Å²) in [5, 5.41) is 11.4. The minimum atomic E-state index is -0.848. The lowest BCUT2D eigenvalue weighted by atomic mass is 9.91. The predicted octanol–water partition coefficient (Wildman–Crippen LogP) is 2.69. The molecule has 1 atom stereocenters. The fourth-order valence-electron chi connectivity index (χ4n) is 3.13. The second kappa shape index (κ2) is 6.73. The fraction of sp³-hybridized carbons (Fsp3) is 0.500. The lowest BCUT2D eigenvalue weighted by Crippen LogP contribution is -2.48. The van der Waals surface area contributed by atoms with E-state index in [9.17, 15) is 4.79 Å². The van der Waals surface area contributed by atoms with E-state index in [-0.39, 0.29) is 11.9 Å². The quantitative estimate of drug-likeness (QED) is 0.821. The van der Waals surface area contributed by atoms with Crippen molar-refractivity contribution in [2.75, 3.05) is 6.61 Å². The normalized spacial score (nSPS) is 19.5. The van der Waals surface area contributed by atoms with Gasteiger partial charge in [-0.2, -0.15) is 0 Å². The Morgan fingerprint density at radius 3 is 2.88 bits per heavy atom. The minimum Gasteiger partial charge on any atom is -0.464 e. The Balaban J connectivity index is 1.85. The van der Waals surface area contributed by atoms with E-state index in [0.717, 1.165) is 12.0 Å². The van der Waals surface area contributed by atoms with Crippen LogP contribution in [0.25, 0.3) is 0 Å². The molecular weight excluding hydrogens is 306 g/mol. The summed E-state index contributed by atoms with van der Waals surface area (Å²) in [6.45, 7) is 6.49. The summed E-state index contributed by atoms with van der Waals surface area (Å²) in [6, 6.07) is 7.98. The molecule has 0 unspecified atom stereocenters. The Kier molecular flexibility index (Phi) is 4.66. The maximum absolute atomic E-state index is 12.7. The number of carbonyl (C=O) groups is 1. The van der Waals surface area contributed by atoms with Gasteiger partial charge < -0.3 is 9.15 Å². The molecule has 24 heavy (non-hydrogen) atoms. The number of esters is 1. The number of nitrogens with zero attached hydrogens (tertiary/aromatic N) is 2. The molecule has 0 spiro atoms. The van der Waals surface area contributed by atoms with Crippen LogP contribution in [0.1, 0.15) is 56.0 Å². The number of hydrogen-bond donors (Lipinski definition) is 1. The van der Waals surface area contributed by atoms with Crippen LogP contribution in [0.3, 0.4) is 0 Å². The highest BCUT2D eigenvalue weighted by atomic mass is 16.5. The van der Waals surface area contributed by atoms with Crippen molar-refractivity contribution in [1.82, 2.24) is 15.5 Å². The molecule has 1 N–H and O–H groups in total. The highest BCUT2D eigenvalue weighted by Crippen LogP contribution is 2.38. The van der Waals surface area contributed by atoms with Gasteiger partial charge in [0.2, 0.25) is 11.8 Å². The monoisotopic (exact) mass is 329 g/mol. The van der Waals surface area contributed by atoms with Gasteiger partial charge in [0.1, 0.15) is 5.54 Å². The van der Waals surface area contributed by atoms with Crippen molar-refractivity contribution in [1.29, 1.82) is 0 Å². The van der Waals surface area contributed by atoms with E-state index in [2.05, 4.69) is 21.6 Å². The van der Waals surface area contributed by atoms with E-state index in [4.69, 9.17) is 9.15 Å². The van der Waals surface area contributed by atoms with Crippen LogP contribution in [0, 0.1) is 0 Å². The van der Waals surface area contributed by atoms with Crippen LogP contribution in [0.15, 0.2) is 28.7 Å². The van der Waals surface area contributed by atoms with Gasteiger partial charge in [0, 0.05) is 5.92 Å². The molecule has 128 valence electrons. The zero-order chi connectivity index (χ0) is 17.2. The summed E-state index contributed by atoms with van der Waals surface area (Å²) in [5.74, 6) is 1.01. The second-order valence-corrected chi connectivity index (χ2v) is 6.33. The average molecular weight is 329 g/mol. The maximum Gasteiger partial charge on any atom is 0.331 e. The first-order valence-electron chi connectivity index (χ1n) is 8.39. The molecule has 6 heteroatoms. The van der Waals surface area contributed by atoms with E-state index in [1.54, 1.807) is 0 Å². The predicted molar refractivity (Wildman–Crippen MR) is 88.3 cm³/mol. The van der Waals surface area contributed by atoms with Crippen molar-refractivity contribution < 1.29 is 13.9 Å². The van der Waals surface area contributed by atoms with Gasteiger partial charge >= 0.3 is 5.97 Å². The smallest absolute Gasteiger partial charge is 0.331 e. The molecule has 1 aliphatic rings. The van der Waals surface area contributed by atoms with E-state index in [1.165, 1.54) is 5.56 Å². The Morgan fingerprint density at radius 1 is 1.38 bits per heavy atom. The molecule has 1 aliphatic carbocycles. The van der Waals surface area contributed by atoms with Crippen LogP contribution in [0.5, 0.6) is 0 Å². The molecule has 1 aromatic heterocycles. The Hall–Kier alpha value is -2.21. The van der Waals surface area contributed by atoms with E-state index >= 15 is 0 Å². The van der Waals surface area contributed by atoms with E-state index in [1.807, 2.05) is 39.0 Å². The number of hydrogen-bond acceptors (Lipinski definition) is 6. The van der Waals surface area contributed by atoms with Gasteiger partial charge in [-0.25, -0.2) is 4.79 Å². The number of ether oxygens (including phenoxy) is 1. The maximum atomic E-state index is 12.7. The number of fused-ring (bicyclic) bond motifs is 1. The molecule has 0 amide bonds. The zero-order valence-corrected chi connectivity index (χ0v) is 14.3.